The standard InChI is InChI=1S/C13H22ClN3O2/c1-5-6-7-17-12(19)11(14)10(8-15-17)16-13(3,4)9(2)18/h8-9,16,18H,5-7H2,1-4H3. The summed E-state index contributed by atoms with van der Waals surface area (Å²) in [6.45, 7) is 7.95. The van der Waals surface area contributed by atoms with Crippen molar-refractivity contribution in [1.82, 2.24) is 9.78 Å². The number of nitrogens with one attached hydrogen (secondary N) is 1. The normalized spacial score (nSPS) is 13.4. The van der Waals surface area contributed by atoms with Crippen molar-refractivity contribution in [2.24, 2.45) is 0 Å². The lowest BCUT2D eigenvalue weighted by Crippen LogP contribution is -2.42. The molecule has 0 aliphatic rings. The summed E-state index contributed by atoms with van der Waals surface area (Å²) in [5.74, 6) is 0. The molecule has 1 aromatic heterocycles. The van der Waals surface area contributed by atoms with E-state index >= 15 is 0 Å². The van der Waals surface area contributed by atoms with Crippen LogP contribution in [0.1, 0.15) is 40.5 Å². The third-order valence-electron chi connectivity index (χ3n) is 3.21. The molecule has 0 spiro atoms. The predicted octanol–water partition coefficient (Wildman–Crippen LogP) is 2.27. The summed E-state index contributed by atoms with van der Waals surface area (Å²) in [4.78, 5) is 12.0. The number of aryl methyl sites for hydroxylation is 1. The molecule has 1 heterocycles. The smallest absolute Gasteiger partial charge is 0.287 e. The second kappa shape index (κ2) is 6.39. The molecule has 1 atom stereocenters. The first-order chi connectivity index (χ1) is 8.79. The van der Waals surface area contributed by atoms with Crippen LogP contribution in [0.5, 0.6) is 0 Å². The first kappa shape index (κ1) is 16.0. The average molecular weight is 288 g/mol. The van der Waals surface area contributed by atoms with Crippen molar-refractivity contribution < 1.29 is 5.11 Å². The summed E-state index contributed by atoms with van der Waals surface area (Å²) < 4.78 is 1.37. The molecule has 0 saturated heterocycles. The first-order valence-corrected chi connectivity index (χ1v) is 6.89. The molecule has 0 radical (unpaired) electrons. The third kappa shape index (κ3) is 3.94. The summed E-state index contributed by atoms with van der Waals surface area (Å²) in [5, 5.41) is 16.9. The van der Waals surface area contributed by atoms with Gasteiger partial charge in [0.15, 0.2) is 0 Å². The van der Waals surface area contributed by atoms with Crippen LogP contribution in [-0.2, 0) is 6.54 Å². The van der Waals surface area contributed by atoms with Crippen LogP contribution in [0, 0.1) is 0 Å². The number of aromatic nitrogens is 2. The molecule has 0 fully saturated rings. The van der Waals surface area contributed by atoms with Crippen molar-refractivity contribution in [3.8, 4) is 0 Å². The quantitative estimate of drug-likeness (QED) is 0.842. The molecule has 1 rings (SSSR count). The minimum atomic E-state index is -0.592. The zero-order valence-corrected chi connectivity index (χ0v) is 12.7. The number of nitrogens with zero attached hydrogens (tertiary/aromatic N) is 2. The van der Waals surface area contributed by atoms with Gasteiger partial charge in [0.05, 0.1) is 23.5 Å². The van der Waals surface area contributed by atoms with Crippen LogP contribution in [-0.4, -0.2) is 26.5 Å². The molecule has 1 unspecified atom stereocenters. The zero-order chi connectivity index (χ0) is 14.6. The molecule has 5 nitrogen and oxygen atoms in total. The molecule has 0 aliphatic heterocycles. The van der Waals surface area contributed by atoms with Crippen LogP contribution in [0.3, 0.4) is 0 Å². The van der Waals surface area contributed by atoms with E-state index in [4.69, 9.17) is 11.6 Å². The number of aliphatic hydroxyl groups excluding tert-OH is 1. The maximum Gasteiger partial charge on any atom is 0.287 e. The van der Waals surface area contributed by atoms with Gasteiger partial charge in [-0.05, 0) is 27.2 Å². The van der Waals surface area contributed by atoms with Gasteiger partial charge in [-0.25, -0.2) is 4.68 Å². The molecule has 1 aromatic rings. The molecular formula is C13H22ClN3O2. The second-order valence-electron chi connectivity index (χ2n) is 5.28. The molecule has 0 amide bonds. The lowest BCUT2D eigenvalue weighted by atomic mass is 9.98. The molecule has 2 N–H and O–H groups in total. The summed E-state index contributed by atoms with van der Waals surface area (Å²) >= 11 is 6.07. The Morgan fingerprint density at radius 3 is 2.74 bits per heavy atom. The highest BCUT2D eigenvalue weighted by Crippen LogP contribution is 2.22. The Balaban J connectivity index is 3.00. The third-order valence-corrected chi connectivity index (χ3v) is 3.57. The highest BCUT2D eigenvalue weighted by molar-refractivity contribution is 6.32. The van der Waals surface area contributed by atoms with Crippen molar-refractivity contribution in [2.45, 2.75) is 58.7 Å². The maximum absolute atomic E-state index is 12.0. The monoisotopic (exact) mass is 287 g/mol. The molecule has 0 bridgehead atoms. The van der Waals surface area contributed by atoms with Crippen molar-refractivity contribution in [1.29, 1.82) is 0 Å². The van der Waals surface area contributed by atoms with E-state index in [2.05, 4.69) is 10.4 Å². The van der Waals surface area contributed by atoms with E-state index in [0.717, 1.165) is 12.8 Å². The van der Waals surface area contributed by atoms with Crippen LogP contribution < -0.4 is 10.9 Å². The Labute approximate surface area is 118 Å². The van der Waals surface area contributed by atoms with Crippen molar-refractivity contribution in [3.63, 3.8) is 0 Å². The van der Waals surface area contributed by atoms with Gasteiger partial charge in [-0.3, -0.25) is 4.79 Å². The van der Waals surface area contributed by atoms with Crippen LogP contribution in [0.25, 0.3) is 0 Å². The summed E-state index contributed by atoms with van der Waals surface area (Å²) in [6, 6.07) is 0. The van der Waals surface area contributed by atoms with E-state index < -0.39 is 11.6 Å². The summed E-state index contributed by atoms with van der Waals surface area (Å²) in [7, 11) is 0. The number of hydrogen-bond acceptors (Lipinski definition) is 4. The number of unbranched alkanes of at least 4 members (excludes halogenated alkanes) is 1. The number of aliphatic hydroxyl groups is 1. The fourth-order valence-corrected chi connectivity index (χ4v) is 1.66. The van der Waals surface area contributed by atoms with Gasteiger partial charge >= 0.3 is 0 Å². The minimum absolute atomic E-state index is 0.111. The lowest BCUT2D eigenvalue weighted by molar-refractivity contribution is 0.133. The second-order valence-corrected chi connectivity index (χ2v) is 5.65. The SMILES string of the molecule is CCCCn1ncc(NC(C)(C)C(C)O)c(Cl)c1=O. The van der Waals surface area contributed by atoms with Gasteiger partial charge in [-0.2, -0.15) is 5.10 Å². The van der Waals surface area contributed by atoms with Crippen LogP contribution >= 0.6 is 11.6 Å². The molecule has 0 saturated carbocycles. The zero-order valence-electron chi connectivity index (χ0n) is 11.9. The van der Waals surface area contributed by atoms with E-state index in [-0.39, 0.29) is 10.6 Å². The van der Waals surface area contributed by atoms with E-state index in [1.54, 1.807) is 6.92 Å². The Morgan fingerprint density at radius 1 is 1.58 bits per heavy atom. The largest absolute Gasteiger partial charge is 0.391 e. The van der Waals surface area contributed by atoms with Crippen LogP contribution in [0.4, 0.5) is 5.69 Å². The van der Waals surface area contributed by atoms with Gasteiger partial charge in [-0.1, -0.05) is 24.9 Å². The van der Waals surface area contributed by atoms with Gasteiger partial charge in [0, 0.05) is 6.54 Å². The maximum atomic E-state index is 12.0. The molecule has 6 heteroatoms. The Hall–Kier alpha value is -1.07. The topological polar surface area (TPSA) is 67.2 Å². The number of anilines is 1. The number of halogens is 1. The Morgan fingerprint density at radius 2 is 2.21 bits per heavy atom. The Kier molecular flexibility index (Phi) is 5.38. The first-order valence-electron chi connectivity index (χ1n) is 6.51. The summed E-state index contributed by atoms with van der Waals surface area (Å²) in [5.41, 5.74) is -0.445. The molecular weight excluding hydrogens is 266 g/mol. The molecule has 0 aliphatic carbocycles. The minimum Gasteiger partial charge on any atom is -0.391 e. The highest BCUT2D eigenvalue weighted by atomic mass is 35.5. The summed E-state index contributed by atoms with van der Waals surface area (Å²) in [6.07, 6.45) is 2.81. The molecule has 108 valence electrons. The van der Waals surface area contributed by atoms with Gasteiger partial charge < -0.3 is 10.4 Å². The van der Waals surface area contributed by atoms with Crippen molar-refractivity contribution in [3.05, 3.63) is 21.6 Å². The van der Waals surface area contributed by atoms with E-state index in [9.17, 15) is 9.90 Å². The van der Waals surface area contributed by atoms with E-state index in [1.165, 1.54) is 10.9 Å². The number of hydrogen-bond donors (Lipinski definition) is 2. The van der Waals surface area contributed by atoms with Crippen LogP contribution in [0.15, 0.2) is 11.0 Å². The van der Waals surface area contributed by atoms with E-state index in [1.807, 2.05) is 20.8 Å². The van der Waals surface area contributed by atoms with Crippen LogP contribution in [0.2, 0.25) is 5.02 Å². The highest BCUT2D eigenvalue weighted by Gasteiger charge is 2.25. The fraction of sp³-hybridized carbons (Fsp3) is 0.692. The lowest BCUT2D eigenvalue weighted by Gasteiger charge is -2.30. The molecule has 19 heavy (non-hydrogen) atoms. The molecule has 0 aromatic carbocycles. The van der Waals surface area contributed by atoms with E-state index in [0.29, 0.717) is 12.2 Å². The average Bonchev–Trinajstić information content (AvgIpc) is 2.34. The van der Waals surface area contributed by atoms with Gasteiger partial charge in [-0.15, -0.1) is 0 Å². The predicted molar refractivity (Wildman–Crippen MR) is 77.8 cm³/mol. The van der Waals surface area contributed by atoms with Gasteiger partial charge in [0.1, 0.15) is 5.02 Å². The van der Waals surface area contributed by atoms with Crippen molar-refractivity contribution >= 4 is 17.3 Å². The van der Waals surface area contributed by atoms with Gasteiger partial charge in [0.2, 0.25) is 0 Å². The van der Waals surface area contributed by atoms with Gasteiger partial charge in [0.25, 0.3) is 5.56 Å². The number of rotatable bonds is 6. The fourth-order valence-electron chi connectivity index (χ4n) is 1.47. The Bertz CT molecular complexity index is 483. The van der Waals surface area contributed by atoms with Crippen molar-refractivity contribution in [2.75, 3.05) is 5.32 Å².